The SMILES string of the molecule is c1ccc(-c2nc(-c3ccccc3)nc(-c3cc(-c4ccc(-c5ccccc5)c(-c5ccccc5)c4)ccc3-c3ccc4oc5cc6c(cc5c4c3)c3ccccc3n6-c3ccccc3)n2)cc1. The van der Waals surface area contributed by atoms with Gasteiger partial charge in [-0.05, 0) is 93.0 Å². The Kier molecular flexibility index (Phi) is 9.43. The van der Waals surface area contributed by atoms with Gasteiger partial charge in [0.2, 0.25) is 0 Å². The fourth-order valence-electron chi connectivity index (χ4n) is 9.80. The zero-order valence-electron chi connectivity index (χ0n) is 36.8. The van der Waals surface area contributed by atoms with Gasteiger partial charge in [-0.2, -0.15) is 0 Å². The molecule has 0 N–H and O–H groups in total. The average Bonchev–Trinajstić information content (AvgIpc) is 3.95. The van der Waals surface area contributed by atoms with Crippen LogP contribution in [0.3, 0.4) is 0 Å². The molecule has 0 saturated heterocycles. The van der Waals surface area contributed by atoms with Crippen LogP contribution in [0, 0.1) is 0 Å². The molecule has 0 aliphatic carbocycles. The highest BCUT2D eigenvalue weighted by molar-refractivity contribution is 6.18. The summed E-state index contributed by atoms with van der Waals surface area (Å²) in [6, 6.07) is 85.3. The first-order chi connectivity index (χ1) is 33.7. The fraction of sp³-hybridized carbons (Fsp3) is 0. The molecule has 13 aromatic rings. The van der Waals surface area contributed by atoms with E-state index in [1.54, 1.807) is 0 Å². The Hall–Kier alpha value is -9.19. The molecule has 0 unspecified atom stereocenters. The highest BCUT2D eigenvalue weighted by Gasteiger charge is 2.21. The molecule has 0 bridgehead atoms. The maximum absolute atomic E-state index is 6.70. The van der Waals surface area contributed by atoms with Gasteiger partial charge < -0.3 is 8.98 Å². The van der Waals surface area contributed by atoms with Crippen LogP contribution in [0.15, 0.2) is 247 Å². The molecule has 10 aromatic carbocycles. The van der Waals surface area contributed by atoms with Crippen LogP contribution >= 0.6 is 0 Å². The van der Waals surface area contributed by atoms with E-state index in [-0.39, 0.29) is 0 Å². The predicted octanol–water partition coefficient (Wildman–Crippen LogP) is 16.5. The number of nitrogens with zero attached hydrogens (tertiary/aromatic N) is 4. The summed E-state index contributed by atoms with van der Waals surface area (Å²) in [7, 11) is 0. The van der Waals surface area contributed by atoms with Gasteiger partial charge in [0.25, 0.3) is 0 Å². The Labute approximate surface area is 392 Å². The van der Waals surface area contributed by atoms with Gasteiger partial charge in [0, 0.05) is 50.0 Å². The molecule has 0 spiro atoms. The molecular weight excluding hydrogens is 829 g/mol. The Morgan fingerprint density at radius 2 is 0.750 bits per heavy atom. The van der Waals surface area contributed by atoms with E-state index in [0.29, 0.717) is 17.5 Å². The summed E-state index contributed by atoms with van der Waals surface area (Å²) in [4.78, 5) is 15.6. The van der Waals surface area contributed by atoms with Crippen LogP contribution in [-0.2, 0) is 0 Å². The number of aromatic nitrogens is 4. The summed E-state index contributed by atoms with van der Waals surface area (Å²) in [6.45, 7) is 0. The van der Waals surface area contributed by atoms with E-state index in [1.807, 2.05) is 36.4 Å². The molecule has 68 heavy (non-hydrogen) atoms. The Morgan fingerprint density at radius 3 is 1.38 bits per heavy atom. The average molecular weight is 869 g/mol. The zero-order chi connectivity index (χ0) is 45.0. The van der Waals surface area contributed by atoms with Gasteiger partial charge in [-0.15, -0.1) is 0 Å². The molecule has 0 amide bonds. The zero-order valence-corrected chi connectivity index (χ0v) is 36.8. The number of rotatable bonds is 8. The van der Waals surface area contributed by atoms with Gasteiger partial charge in [-0.25, -0.2) is 15.0 Å². The number of fused-ring (bicyclic) bond motifs is 6. The number of benzene rings is 10. The predicted molar refractivity (Wildman–Crippen MR) is 279 cm³/mol. The van der Waals surface area contributed by atoms with E-state index in [4.69, 9.17) is 19.4 Å². The molecule has 3 aromatic heterocycles. The van der Waals surface area contributed by atoms with E-state index in [1.165, 1.54) is 21.9 Å². The minimum absolute atomic E-state index is 0.589. The van der Waals surface area contributed by atoms with Crippen molar-refractivity contribution < 1.29 is 4.42 Å². The first-order valence-electron chi connectivity index (χ1n) is 22.9. The fourth-order valence-corrected chi connectivity index (χ4v) is 9.80. The third-order valence-electron chi connectivity index (χ3n) is 13.1. The number of hydrogen-bond acceptors (Lipinski definition) is 4. The quantitative estimate of drug-likeness (QED) is 0.153. The lowest BCUT2D eigenvalue weighted by Gasteiger charge is -2.16. The molecule has 318 valence electrons. The van der Waals surface area contributed by atoms with Crippen LogP contribution in [-0.4, -0.2) is 19.5 Å². The molecule has 5 nitrogen and oxygen atoms in total. The highest BCUT2D eigenvalue weighted by atomic mass is 16.3. The number of para-hydroxylation sites is 2. The largest absolute Gasteiger partial charge is 0.456 e. The molecule has 0 fully saturated rings. The van der Waals surface area contributed by atoms with Gasteiger partial charge in [-0.1, -0.05) is 188 Å². The second kappa shape index (κ2) is 16.4. The van der Waals surface area contributed by atoms with Crippen molar-refractivity contribution in [3.63, 3.8) is 0 Å². The summed E-state index contributed by atoms with van der Waals surface area (Å²) in [6.07, 6.45) is 0. The lowest BCUT2D eigenvalue weighted by molar-refractivity contribution is 0.669. The first kappa shape index (κ1) is 39.2. The van der Waals surface area contributed by atoms with Gasteiger partial charge in [-0.3, -0.25) is 0 Å². The summed E-state index contributed by atoms with van der Waals surface area (Å²) in [5, 5.41) is 4.48. The van der Waals surface area contributed by atoms with Crippen molar-refractivity contribution in [2.75, 3.05) is 0 Å². The summed E-state index contributed by atoms with van der Waals surface area (Å²) in [5.41, 5.74) is 16.6. The van der Waals surface area contributed by atoms with Crippen molar-refractivity contribution in [3.8, 4) is 84.4 Å². The van der Waals surface area contributed by atoms with Crippen molar-refractivity contribution in [1.29, 1.82) is 0 Å². The summed E-state index contributed by atoms with van der Waals surface area (Å²) >= 11 is 0. The minimum Gasteiger partial charge on any atom is -0.456 e. The molecule has 0 saturated carbocycles. The molecule has 0 aliphatic rings. The molecule has 0 aliphatic heterocycles. The van der Waals surface area contributed by atoms with Gasteiger partial charge in [0.15, 0.2) is 17.5 Å². The standard InChI is InChI=1S/C63H40N4O/c1-6-18-41(19-7-1)49-33-30-45(36-52(49)42-20-8-2-9-21-42)46-31-34-50(56(37-46)63-65-61(43-22-10-3-11-23-43)64-62(66-63)44-24-12-4-13-25-44)47-32-35-59-54(38-47)55-39-53-51-28-16-17-29-57(51)67(48-26-14-5-15-27-48)58(53)40-60(55)68-59/h1-40H. The van der Waals surface area contributed by atoms with E-state index in [9.17, 15) is 0 Å². The van der Waals surface area contributed by atoms with Crippen LogP contribution < -0.4 is 0 Å². The molecule has 5 heteroatoms. The molecular formula is C63H40N4O. The summed E-state index contributed by atoms with van der Waals surface area (Å²) < 4.78 is 9.03. The van der Waals surface area contributed by atoms with Crippen molar-refractivity contribution >= 4 is 43.7 Å². The highest BCUT2D eigenvalue weighted by Crippen LogP contribution is 2.43. The van der Waals surface area contributed by atoms with Crippen molar-refractivity contribution in [1.82, 2.24) is 19.5 Å². The van der Waals surface area contributed by atoms with Crippen molar-refractivity contribution in [2.45, 2.75) is 0 Å². The van der Waals surface area contributed by atoms with E-state index < -0.39 is 0 Å². The summed E-state index contributed by atoms with van der Waals surface area (Å²) in [5.74, 6) is 1.81. The van der Waals surface area contributed by atoms with E-state index >= 15 is 0 Å². The smallest absolute Gasteiger partial charge is 0.164 e. The third kappa shape index (κ3) is 6.84. The molecule has 0 atom stereocenters. The van der Waals surface area contributed by atoms with Gasteiger partial charge >= 0.3 is 0 Å². The van der Waals surface area contributed by atoms with Crippen LogP contribution in [0.1, 0.15) is 0 Å². The molecule has 13 rings (SSSR count). The van der Waals surface area contributed by atoms with E-state index in [0.717, 1.165) is 88.7 Å². The normalized spacial score (nSPS) is 11.5. The van der Waals surface area contributed by atoms with Crippen LogP contribution in [0.25, 0.3) is 128 Å². The van der Waals surface area contributed by atoms with Crippen LogP contribution in [0.4, 0.5) is 0 Å². The van der Waals surface area contributed by atoms with Crippen molar-refractivity contribution in [2.24, 2.45) is 0 Å². The van der Waals surface area contributed by atoms with Crippen LogP contribution in [0.2, 0.25) is 0 Å². The van der Waals surface area contributed by atoms with Crippen molar-refractivity contribution in [3.05, 3.63) is 243 Å². The lowest BCUT2D eigenvalue weighted by Crippen LogP contribution is -2.01. The first-order valence-corrected chi connectivity index (χ1v) is 22.9. The number of hydrogen-bond donors (Lipinski definition) is 0. The van der Waals surface area contributed by atoms with Gasteiger partial charge in [0.05, 0.1) is 11.0 Å². The minimum atomic E-state index is 0.589. The maximum atomic E-state index is 6.70. The van der Waals surface area contributed by atoms with E-state index in [2.05, 4.69) is 211 Å². The molecule has 0 radical (unpaired) electrons. The molecule has 3 heterocycles. The monoisotopic (exact) mass is 868 g/mol. The van der Waals surface area contributed by atoms with Gasteiger partial charge in [0.1, 0.15) is 11.2 Å². The van der Waals surface area contributed by atoms with Crippen LogP contribution in [0.5, 0.6) is 0 Å². The Balaban J connectivity index is 1.03. The second-order valence-electron chi connectivity index (χ2n) is 17.2. The Bertz CT molecular complexity index is 3940. The second-order valence-corrected chi connectivity index (χ2v) is 17.2. The Morgan fingerprint density at radius 1 is 0.265 bits per heavy atom. The number of furan rings is 1. The maximum Gasteiger partial charge on any atom is 0.164 e. The lowest BCUT2D eigenvalue weighted by atomic mass is 9.89. The third-order valence-corrected chi connectivity index (χ3v) is 13.1. The topological polar surface area (TPSA) is 56.7 Å².